The fraction of sp³-hybridized carbons (Fsp3) is 0.533. The quantitative estimate of drug-likeness (QED) is 0.733. The zero-order valence-corrected chi connectivity index (χ0v) is 12.2. The van der Waals surface area contributed by atoms with Crippen LogP contribution in [0.15, 0.2) is 18.2 Å². The van der Waals surface area contributed by atoms with E-state index in [1.807, 2.05) is 0 Å². The third-order valence-electron chi connectivity index (χ3n) is 3.41. The maximum Gasteiger partial charge on any atom is 0.241 e. The molecule has 1 aliphatic rings. The number of piperidine rings is 1. The second kappa shape index (κ2) is 7.85. The van der Waals surface area contributed by atoms with Crippen molar-refractivity contribution in [2.24, 2.45) is 0 Å². The van der Waals surface area contributed by atoms with Gasteiger partial charge in [-0.2, -0.15) is 0 Å². The number of nitrogens with one attached hydrogen (secondary N) is 2. The SMILES string of the molecule is COc1ccc(NC(=O)C2CCCCN2)cc1OCCO. The Morgan fingerprint density at radius 2 is 2.29 bits per heavy atom. The molecule has 6 heteroatoms. The molecule has 0 bridgehead atoms. The van der Waals surface area contributed by atoms with E-state index < -0.39 is 0 Å². The van der Waals surface area contributed by atoms with E-state index in [2.05, 4.69) is 10.6 Å². The van der Waals surface area contributed by atoms with E-state index in [0.29, 0.717) is 17.2 Å². The number of aliphatic hydroxyl groups excluding tert-OH is 1. The van der Waals surface area contributed by atoms with E-state index in [9.17, 15) is 4.79 Å². The monoisotopic (exact) mass is 294 g/mol. The van der Waals surface area contributed by atoms with Gasteiger partial charge in [0.1, 0.15) is 6.61 Å². The van der Waals surface area contributed by atoms with Crippen LogP contribution < -0.4 is 20.1 Å². The minimum absolute atomic E-state index is 0.0343. The van der Waals surface area contributed by atoms with E-state index in [0.717, 1.165) is 25.8 Å². The summed E-state index contributed by atoms with van der Waals surface area (Å²) >= 11 is 0. The molecule has 1 aliphatic heterocycles. The van der Waals surface area contributed by atoms with Crippen molar-refractivity contribution in [3.8, 4) is 11.5 Å². The average Bonchev–Trinajstić information content (AvgIpc) is 2.54. The predicted molar refractivity (Wildman–Crippen MR) is 79.8 cm³/mol. The van der Waals surface area contributed by atoms with Crippen molar-refractivity contribution in [3.63, 3.8) is 0 Å². The first-order valence-corrected chi connectivity index (χ1v) is 7.20. The Kier molecular flexibility index (Phi) is 5.83. The van der Waals surface area contributed by atoms with Crippen LogP contribution in [0.5, 0.6) is 11.5 Å². The summed E-state index contributed by atoms with van der Waals surface area (Å²) < 4.78 is 10.6. The molecule has 1 amide bonds. The van der Waals surface area contributed by atoms with Crippen LogP contribution >= 0.6 is 0 Å². The molecule has 0 saturated carbocycles. The summed E-state index contributed by atoms with van der Waals surface area (Å²) in [4.78, 5) is 12.2. The maximum atomic E-state index is 12.2. The van der Waals surface area contributed by atoms with Gasteiger partial charge < -0.3 is 25.2 Å². The summed E-state index contributed by atoms with van der Waals surface area (Å²) in [6.07, 6.45) is 3.04. The highest BCUT2D eigenvalue weighted by atomic mass is 16.5. The Morgan fingerprint density at radius 1 is 1.43 bits per heavy atom. The van der Waals surface area contributed by atoms with Gasteiger partial charge in [-0.1, -0.05) is 6.42 Å². The van der Waals surface area contributed by atoms with E-state index >= 15 is 0 Å². The van der Waals surface area contributed by atoms with Crippen molar-refractivity contribution in [2.75, 3.05) is 32.2 Å². The largest absolute Gasteiger partial charge is 0.493 e. The molecule has 1 fully saturated rings. The van der Waals surface area contributed by atoms with Crippen molar-refractivity contribution in [1.82, 2.24) is 5.32 Å². The molecule has 2 rings (SSSR count). The van der Waals surface area contributed by atoms with Crippen molar-refractivity contribution in [1.29, 1.82) is 0 Å². The van der Waals surface area contributed by atoms with Crippen molar-refractivity contribution in [3.05, 3.63) is 18.2 Å². The number of ether oxygens (including phenoxy) is 2. The number of anilines is 1. The van der Waals surface area contributed by atoms with Gasteiger partial charge in [-0.3, -0.25) is 4.79 Å². The molecule has 0 spiro atoms. The number of amides is 1. The molecule has 116 valence electrons. The average molecular weight is 294 g/mol. The molecule has 0 radical (unpaired) electrons. The van der Waals surface area contributed by atoms with Crippen LogP contribution in [0.3, 0.4) is 0 Å². The zero-order valence-electron chi connectivity index (χ0n) is 12.2. The molecule has 1 heterocycles. The third kappa shape index (κ3) is 4.34. The van der Waals surface area contributed by atoms with Crippen LogP contribution in [-0.4, -0.2) is 43.9 Å². The topological polar surface area (TPSA) is 79.8 Å². The molecule has 21 heavy (non-hydrogen) atoms. The van der Waals surface area contributed by atoms with Crippen molar-refractivity contribution < 1.29 is 19.4 Å². The van der Waals surface area contributed by atoms with Gasteiger partial charge in [0.2, 0.25) is 5.91 Å². The number of carbonyl (C=O) groups is 1. The number of aliphatic hydroxyl groups is 1. The Balaban J connectivity index is 2.03. The molecule has 0 aromatic heterocycles. The summed E-state index contributed by atoms with van der Waals surface area (Å²) in [5, 5.41) is 14.9. The molecule has 1 unspecified atom stereocenters. The molecule has 3 N–H and O–H groups in total. The van der Waals surface area contributed by atoms with Crippen LogP contribution in [0.4, 0.5) is 5.69 Å². The molecule has 1 aromatic carbocycles. The van der Waals surface area contributed by atoms with E-state index in [4.69, 9.17) is 14.6 Å². The smallest absolute Gasteiger partial charge is 0.241 e. The number of hydrogen-bond donors (Lipinski definition) is 3. The van der Waals surface area contributed by atoms with E-state index in [-0.39, 0.29) is 25.2 Å². The second-order valence-electron chi connectivity index (χ2n) is 4.93. The Hall–Kier alpha value is -1.79. The first-order chi connectivity index (χ1) is 10.2. The minimum atomic E-state index is -0.136. The lowest BCUT2D eigenvalue weighted by Crippen LogP contribution is -2.43. The highest BCUT2D eigenvalue weighted by Crippen LogP contribution is 2.30. The normalized spacial score (nSPS) is 18.1. The molecule has 0 aliphatic carbocycles. The Labute approximate surface area is 124 Å². The van der Waals surface area contributed by atoms with Crippen LogP contribution in [0.25, 0.3) is 0 Å². The standard InChI is InChI=1S/C15H22N2O4/c1-20-13-6-5-11(10-14(13)21-9-8-18)17-15(19)12-4-2-3-7-16-12/h5-6,10,12,16,18H,2-4,7-9H2,1H3,(H,17,19). The van der Waals surface area contributed by atoms with Gasteiger partial charge in [-0.25, -0.2) is 0 Å². The van der Waals surface area contributed by atoms with Crippen molar-refractivity contribution in [2.45, 2.75) is 25.3 Å². The summed E-state index contributed by atoms with van der Waals surface area (Å²) in [5.41, 5.74) is 0.654. The van der Waals surface area contributed by atoms with Gasteiger partial charge in [-0.05, 0) is 31.5 Å². The van der Waals surface area contributed by atoms with Gasteiger partial charge in [0, 0.05) is 11.8 Å². The number of methoxy groups -OCH3 is 1. The lowest BCUT2D eigenvalue weighted by Gasteiger charge is -2.22. The summed E-state index contributed by atoms with van der Waals surface area (Å²) in [6, 6.07) is 5.07. The van der Waals surface area contributed by atoms with Gasteiger partial charge in [0.25, 0.3) is 0 Å². The highest BCUT2D eigenvalue weighted by molar-refractivity contribution is 5.95. The first-order valence-electron chi connectivity index (χ1n) is 7.20. The van der Waals surface area contributed by atoms with E-state index in [1.165, 1.54) is 0 Å². The van der Waals surface area contributed by atoms with Crippen LogP contribution in [0, 0.1) is 0 Å². The second-order valence-corrected chi connectivity index (χ2v) is 4.93. The van der Waals surface area contributed by atoms with Gasteiger partial charge in [0.15, 0.2) is 11.5 Å². The van der Waals surface area contributed by atoms with Gasteiger partial charge in [-0.15, -0.1) is 0 Å². The molecular formula is C15H22N2O4. The third-order valence-corrected chi connectivity index (χ3v) is 3.41. The van der Waals surface area contributed by atoms with Gasteiger partial charge >= 0.3 is 0 Å². The molecule has 1 saturated heterocycles. The lowest BCUT2D eigenvalue weighted by molar-refractivity contribution is -0.118. The van der Waals surface area contributed by atoms with Crippen molar-refractivity contribution >= 4 is 11.6 Å². The fourth-order valence-corrected chi connectivity index (χ4v) is 2.33. The number of carbonyl (C=O) groups excluding carboxylic acids is 1. The Morgan fingerprint density at radius 3 is 2.95 bits per heavy atom. The number of hydrogen-bond acceptors (Lipinski definition) is 5. The van der Waals surface area contributed by atoms with Crippen LogP contribution in [-0.2, 0) is 4.79 Å². The lowest BCUT2D eigenvalue weighted by atomic mass is 10.0. The summed E-state index contributed by atoms with van der Waals surface area (Å²) in [6.45, 7) is 0.981. The number of rotatable bonds is 6. The highest BCUT2D eigenvalue weighted by Gasteiger charge is 2.20. The molecule has 1 atom stereocenters. The number of benzene rings is 1. The Bertz CT molecular complexity index is 473. The maximum absolute atomic E-state index is 12.2. The molecule has 6 nitrogen and oxygen atoms in total. The molecule has 1 aromatic rings. The van der Waals surface area contributed by atoms with Crippen LogP contribution in [0.2, 0.25) is 0 Å². The molecular weight excluding hydrogens is 272 g/mol. The van der Waals surface area contributed by atoms with Crippen LogP contribution in [0.1, 0.15) is 19.3 Å². The minimum Gasteiger partial charge on any atom is -0.493 e. The zero-order chi connectivity index (χ0) is 15.1. The first kappa shape index (κ1) is 15.6. The fourth-order valence-electron chi connectivity index (χ4n) is 2.33. The van der Waals surface area contributed by atoms with E-state index in [1.54, 1.807) is 25.3 Å². The van der Waals surface area contributed by atoms with Gasteiger partial charge in [0.05, 0.1) is 19.8 Å². The summed E-state index contributed by atoms with van der Waals surface area (Å²) in [5.74, 6) is 1.03. The predicted octanol–water partition coefficient (Wildman–Crippen LogP) is 1.15. The summed E-state index contributed by atoms with van der Waals surface area (Å²) in [7, 11) is 1.55.